The number of imidazole rings is 1. The Labute approximate surface area is 144 Å². The number of carbonyl (C=O) groups is 2. The number of pyridine rings is 1. The molecule has 0 fully saturated rings. The Morgan fingerprint density at radius 2 is 1.88 bits per heavy atom. The highest BCUT2D eigenvalue weighted by molar-refractivity contribution is 5.97. The van der Waals surface area contributed by atoms with Gasteiger partial charge in [0.05, 0.1) is 11.7 Å². The molecule has 1 amide bonds. The van der Waals surface area contributed by atoms with Gasteiger partial charge in [0.25, 0.3) is 0 Å². The molecule has 0 saturated carbocycles. The van der Waals surface area contributed by atoms with Gasteiger partial charge in [-0.2, -0.15) is 0 Å². The number of rotatable bonds is 7. The standard InChI is InChI=1S/C19H18FN3O2/c20-15-6-4-14(5-7-15)17(24)8-9-19(25)21-11-10-18-22-13-16-3-1-2-12-23(16)18/h1-7,12-13H,8-11H2,(H,21,25). The average molecular weight is 339 g/mol. The number of carbonyl (C=O) groups excluding carboxylic acids is 2. The van der Waals surface area contributed by atoms with Gasteiger partial charge in [0.15, 0.2) is 5.78 Å². The molecule has 2 heterocycles. The lowest BCUT2D eigenvalue weighted by atomic mass is 10.1. The Bertz CT molecular complexity index is 887. The molecule has 2 aromatic heterocycles. The number of amides is 1. The summed E-state index contributed by atoms with van der Waals surface area (Å²) in [5.74, 6) is 0.129. The summed E-state index contributed by atoms with van der Waals surface area (Å²) >= 11 is 0. The van der Waals surface area contributed by atoms with E-state index in [9.17, 15) is 14.0 Å². The highest BCUT2D eigenvalue weighted by Gasteiger charge is 2.10. The second-order valence-corrected chi connectivity index (χ2v) is 5.70. The van der Waals surface area contributed by atoms with Gasteiger partial charge in [-0.05, 0) is 36.4 Å². The molecule has 0 saturated heterocycles. The van der Waals surface area contributed by atoms with E-state index in [1.165, 1.54) is 24.3 Å². The molecule has 1 N–H and O–H groups in total. The largest absolute Gasteiger partial charge is 0.356 e. The lowest BCUT2D eigenvalue weighted by Crippen LogP contribution is -2.26. The van der Waals surface area contributed by atoms with Crippen molar-refractivity contribution in [3.05, 3.63) is 72.1 Å². The fraction of sp³-hybridized carbons (Fsp3) is 0.211. The monoisotopic (exact) mass is 339 g/mol. The van der Waals surface area contributed by atoms with Gasteiger partial charge in [0.2, 0.25) is 5.91 Å². The van der Waals surface area contributed by atoms with E-state index >= 15 is 0 Å². The molecule has 5 nitrogen and oxygen atoms in total. The molecule has 0 spiro atoms. The number of aromatic nitrogens is 2. The zero-order valence-electron chi connectivity index (χ0n) is 13.6. The summed E-state index contributed by atoms with van der Waals surface area (Å²) in [4.78, 5) is 28.2. The van der Waals surface area contributed by atoms with Crippen molar-refractivity contribution in [1.82, 2.24) is 14.7 Å². The summed E-state index contributed by atoms with van der Waals surface area (Å²) in [6.45, 7) is 0.456. The zero-order chi connectivity index (χ0) is 17.6. The molecule has 3 aromatic rings. The Morgan fingerprint density at radius 1 is 1.08 bits per heavy atom. The van der Waals surface area contributed by atoms with Crippen LogP contribution in [0.5, 0.6) is 0 Å². The molecule has 0 atom stereocenters. The Hall–Kier alpha value is -3.02. The van der Waals surface area contributed by atoms with Gasteiger partial charge in [0.1, 0.15) is 11.6 Å². The summed E-state index contributed by atoms with van der Waals surface area (Å²) in [5.41, 5.74) is 1.42. The SMILES string of the molecule is O=C(CCC(=O)c1ccc(F)cc1)NCCc1ncc2ccccn12. The van der Waals surface area contributed by atoms with Crippen molar-refractivity contribution in [3.63, 3.8) is 0 Å². The first kappa shape index (κ1) is 16.8. The van der Waals surface area contributed by atoms with E-state index in [4.69, 9.17) is 0 Å². The van der Waals surface area contributed by atoms with Crippen LogP contribution in [0, 0.1) is 5.82 Å². The molecule has 0 aliphatic rings. The first-order valence-corrected chi connectivity index (χ1v) is 8.10. The van der Waals surface area contributed by atoms with Crippen molar-refractivity contribution < 1.29 is 14.0 Å². The smallest absolute Gasteiger partial charge is 0.220 e. The summed E-state index contributed by atoms with van der Waals surface area (Å²) in [7, 11) is 0. The number of hydrogen-bond acceptors (Lipinski definition) is 3. The molecule has 128 valence electrons. The quantitative estimate of drug-likeness (QED) is 0.673. The predicted molar refractivity (Wildman–Crippen MR) is 91.9 cm³/mol. The van der Waals surface area contributed by atoms with E-state index < -0.39 is 0 Å². The number of nitrogens with one attached hydrogen (secondary N) is 1. The molecule has 6 heteroatoms. The highest BCUT2D eigenvalue weighted by atomic mass is 19.1. The van der Waals surface area contributed by atoms with Crippen molar-refractivity contribution in [2.24, 2.45) is 0 Å². The van der Waals surface area contributed by atoms with Gasteiger partial charge in [0, 0.05) is 37.6 Å². The lowest BCUT2D eigenvalue weighted by molar-refractivity contribution is -0.121. The number of benzene rings is 1. The third-order valence-electron chi connectivity index (χ3n) is 3.93. The number of halogens is 1. The van der Waals surface area contributed by atoms with Crippen LogP contribution in [-0.4, -0.2) is 27.6 Å². The van der Waals surface area contributed by atoms with E-state index in [1.54, 1.807) is 6.20 Å². The molecule has 3 rings (SSSR count). The minimum absolute atomic E-state index is 0.101. The maximum atomic E-state index is 12.8. The summed E-state index contributed by atoms with van der Waals surface area (Å²) in [6.07, 6.45) is 4.54. The third-order valence-corrected chi connectivity index (χ3v) is 3.93. The van der Waals surface area contributed by atoms with Crippen molar-refractivity contribution in [2.75, 3.05) is 6.54 Å². The molecule has 0 aliphatic carbocycles. The number of Topliss-reactive ketones (excluding diaryl/α,β-unsaturated/α-hetero) is 1. The average Bonchev–Trinajstić information content (AvgIpc) is 3.04. The Kier molecular flexibility index (Phi) is 5.18. The van der Waals surface area contributed by atoms with Gasteiger partial charge in [-0.25, -0.2) is 9.37 Å². The van der Waals surface area contributed by atoms with E-state index in [1.807, 2.05) is 28.8 Å². The van der Waals surface area contributed by atoms with Crippen LogP contribution >= 0.6 is 0 Å². The van der Waals surface area contributed by atoms with Gasteiger partial charge in [-0.3, -0.25) is 9.59 Å². The van der Waals surface area contributed by atoms with Crippen LogP contribution in [0.3, 0.4) is 0 Å². The van der Waals surface area contributed by atoms with Crippen LogP contribution in [0.15, 0.2) is 54.9 Å². The second-order valence-electron chi connectivity index (χ2n) is 5.70. The minimum atomic E-state index is -0.388. The van der Waals surface area contributed by atoms with Crippen LogP contribution in [0.4, 0.5) is 4.39 Å². The molecular formula is C19H18FN3O2. The van der Waals surface area contributed by atoms with E-state index in [2.05, 4.69) is 10.3 Å². The molecule has 0 aliphatic heterocycles. The maximum Gasteiger partial charge on any atom is 0.220 e. The second kappa shape index (κ2) is 7.70. The van der Waals surface area contributed by atoms with Crippen LogP contribution in [0.25, 0.3) is 5.52 Å². The van der Waals surface area contributed by atoms with Crippen LogP contribution in [-0.2, 0) is 11.2 Å². The maximum absolute atomic E-state index is 12.8. The third kappa shape index (κ3) is 4.29. The van der Waals surface area contributed by atoms with Gasteiger partial charge in [-0.15, -0.1) is 0 Å². The highest BCUT2D eigenvalue weighted by Crippen LogP contribution is 2.08. The van der Waals surface area contributed by atoms with Crippen molar-refractivity contribution in [2.45, 2.75) is 19.3 Å². The number of fused-ring (bicyclic) bond motifs is 1. The summed E-state index contributed by atoms with van der Waals surface area (Å²) in [5, 5.41) is 2.80. The first-order chi connectivity index (χ1) is 12.1. The van der Waals surface area contributed by atoms with Crippen LogP contribution < -0.4 is 5.32 Å². The number of ketones is 1. The predicted octanol–water partition coefficient (Wildman–Crippen LogP) is 2.80. The van der Waals surface area contributed by atoms with E-state index in [0.717, 1.165) is 11.3 Å². The molecule has 0 radical (unpaired) electrons. The first-order valence-electron chi connectivity index (χ1n) is 8.10. The van der Waals surface area contributed by atoms with Gasteiger partial charge >= 0.3 is 0 Å². The van der Waals surface area contributed by atoms with Crippen molar-refractivity contribution in [3.8, 4) is 0 Å². The minimum Gasteiger partial charge on any atom is -0.356 e. The normalized spacial score (nSPS) is 10.8. The number of hydrogen-bond donors (Lipinski definition) is 1. The molecule has 0 unspecified atom stereocenters. The van der Waals surface area contributed by atoms with Gasteiger partial charge in [-0.1, -0.05) is 6.07 Å². The van der Waals surface area contributed by atoms with E-state index in [0.29, 0.717) is 18.5 Å². The Morgan fingerprint density at radius 3 is 2.68 bits per heavy atom. The lowest BCUT2D eigenvalue weighted by Gasteiger charge is -2.05. The fourth-order valence-corrected chi connectivity index (χ4v) is 2.59. The van der Waals surface area contributed by atoms with Crippen LogP contribution in [0.1, 0.15) is 29.0 Å². The Balaban J connectivity index is 1.44. The molecule has 1 aromatic carbocycles. The topological polar surface area (TPSA) is 63.5 Å². The van der Waals surface area contributed by atoms with E-state index in [-0.39, 0.29) is 30.3 Å². The number of nitrogens with zero attached hydrogens (tertiary/aromatic N) is 2. The summed E-state index contributed by atoms with van der Waals surface area (Å²) < 4.78 is 14.8. The molecule has 25 heavy (non-hydrogen) atoms. The van der Waals surface area contributed by atoms with Crippen molar-refractivity contribution in [1.29, 1.82) is 0 Å². The molecular weight excluding hydrogens is 321 g/mol. The van der Waals surface area contributed by atoms with Gasteiger partial charge < -0.3 is 9.72 Å². The summed E-state index contributed by atoms with van der Waals surface area (Å²) in [6, 6.07) is 11.2. The molecule has 0 bridgehead atoms. The van der Waals surface area contributed by atoms with Crippen molar-refractivity contribution >= 4 is 17.2 Å². The fourth-order valence-electron chi connectivity index (χ4n) is 2.59. The van der Waals surface area contributed by atoms with Crippen LogP contribution in [0.2, 0.25) is 0 Å². The zero-order valence-corrected chi connectivity index (χ0v) is 13.6.